The van der Waals surface area contributed by atoms with Gasteiger partial charge >= 0.3 is 0 Å². The molecular weight excluding hydrogens is 330 g/mol. The molecule has 4 heteroatoms. The van der Waals surface area contributed by atoms with Crippen LogP contribution in [0.2, 0.25) is 0 Å². The van der Waals surface area contributed by atoms with E-state index in [0.29, 0.717) is 6.42 Å². The standard InChI is InChI=1S/C21H17NO2S/c23-20-19(25-21(24)22-20)13-15-7-5-14(6-8-15)11-16-9-10-17-3-1-2-4-18(17)12-16/h1-10,12,19H,11,13H2,(H,22,23,24). The van der Waals surface area contributed by atoms with Crippen LogP contribution in [-0.4, -0.2) is 16.4 Å². The quantitative estimate of drug-likeness (QED) is 0.764. The van der Waals surface area contributed by atoms with Crippen molar-refractivity contribution in [1.82, 2.24) is 5.32 Å². The van der Waals surface area contributed by atoms with E-state index in [4.69, 9.17) is 0 Å². The van der Waals surface area contributed by atoms with E-state index in [1.54, 1.807) is 0 Å². The molecule has 0 aliphatic carbocycles. The van der Waals surface area contributed by atoms with Gasteiger partial charge in [0.15, 0.2) is 0 Å². The molecular formula is C21H17NO2S. The Morgan fingerprint density at radius 1 is 0.800 bits per heavy atom. The number of amides is 2. The van der Waals surface area contributed by atoms with E-state index in [0.717, 1.165) is 23.7 Å². The van der Waals surface area contributed by atoms with Gasteiger partial charge in [0.05, 0.1) is 5.25 Å². The van der Waals surface area contributed by atoms with Crippen molar-refractivity contribution in [3.05, 3.63) is 83.4 Å². The summed E-state index contributed by atoms with van der Waals surface area (Å²) in [6, 6.07) is 23.2. The van der Waals surface area contributed by atoms with Crippen LogP contribution < -0.4 is 5.32 Å². The largest absolute Gasteiger partial charge is 0.286 e. The zero-order valence-corrected chi connectivity index (χ0v) is 14.4. The first-order chi connectivity index (χ1) is 12.2. The maximum atomic E-state index is 11.7. The molecule has 0 aromatic heterocycles. The molecule has 1 atom stereocenters. The van der Waals surface area contributed by atoms with E-state index in [9.17, 15) is 9.59 Å². The van der Waals surface area contributed by atoms with E-state index < -0.39 is 0 Å². The van der Waals surface area contributed by atoms with Crippen molar-refractivity contribution in [2.24, 2.45) is 0 Å². The van der Waals surface area contributed by atoms with Crippen LogP contribution in [0.3, 0.4) is 0 Å². The van der Waals surface area contributed by atoms with Gasteiger partial charge in [-0.2, -0.15) is 0 Å². The first kappa shape index (κ1) is 15.9. The summed E-state index contributed by atoms with van der Waals surface area (Å²) in [6.07, 6.45) is 1.46. The molecule has 1 aliphatic rings. The molecule has 1 aliphatic heterocycles. The number of hydrogen-bond acceptors (Lipinski definition) is 3. The van der Waals surface area contributed by atoms with Crippen molar-refractivity contribution in [1.29, 1.82) is 0 Å². The summed E-state index contributed by atoms with van der Waals surface area (Å²) in [4.78, 5) is 22.9. The van der Waals surface area contributed by atoms with Gasteiger partial charge in [-0.3, -0.25) is 14.9 Å². The van der Waals surface area contributed by atoms with E-state index in [1.807, 2.05) is 12.1 Å². The fraction of sp³-hybridized carbons (Fsp3) is 0.143. The molecule has 1 fully saturated rings. The topological polar surface area (TPSA) is 46.2 Å². The molecule has 1 unspecified atom stereocenters. The van der Waals surface area contributed by atoms with Crippen molar-refractivity contribution in [2.75, 3.05) is 0 Å². The van der Waals surface area contributed by atoms with Crippen LogP contribution in [0.25, 0.3) is 10.8 Å². The molecule has 4 rings (SSSR count). The Bertz CT molecular complexity index is 950. The number of thioether (sulfide) groups is 1. The third-order valence-electron chi connectivity index (χ3n) is 4.43. The molecule has 0 bridgehead atoms. The highest BCUT2D eigenvalue weighted by atomic mass is 32.2. The van der Waals surface area contributed by atoms with E-state index in [2.05, 4.69) is 59.9 Å². The van der Waals surface area contributed by atoms with Crippen molar-refractivity contribution >= 4 is 33.7 Å². The summed E-state index contributed by atoms with van der Waals surface area (Å²) in [5.41, 5.74) is 3.59. The van der Waals surface area contributed by atoms with Gasteiger partial charge in [-0.1, -0.05) is 78.5 Å². The maximum absolute atomic E-state index is 11.7. The number of imide groups is 1. The number of carbonyl (C=O) groups excluding carboxylic acids is 2. The predicted molar refractivity (Wildman–Crippen MR) is 102 cm³/mol. The molecule has 0 saturated carbocycles. The molecule has 25 heavy (non-hydrogen) atoms. The normalized spacial score (nSPS) is 17.0. The number of hydrogen-bond donors (Lipinski definition) is 1. The van der Waals surface area contributed by atoms with Crippen LogP contribution in [0.15, 0.2) is 66.7 Å². The lowest BCUT2D eigenvalue weighted by Crippen LogP contribution is -2.25. The van der Waals surface area contributed by atoms with Gasteiger partial charge in [0, 0.05) is 0 Å². The summed E-state index contributed by atoms with van der Waals surface area (Å²) in [5, 5.41) is 4.29. The summed E-state index contributed by atoms with van der Waals surface area (Å²) in [7, 11) is 0. The summed E-state index contributed by atoms with van der Waals surface area (Å²) < 4.78 is 0. The van der Waals surface area contributed by atoms with Crippen LogP contribution in [-0.2, 0) is 17.6 Å². The zero-order chi connectivity index (χ0) is 17.2. The first-order valence-corrected chi connectivity index (χ1v) is 9.12. The third-order valence-corrected chi connectivity index (χ3v) is 5.41. The van der Waals surface area contributed by atoms with E-state index >= 15 is 0 Å². The van der Waals surface area contributed by atoms with Crippen LogP contribution >= 0.6 is 11.8 Å². The highest BCUT2D eigenvalue weighted by Gasteiger charge is 2.31. The highest BCUT2D eigenvalue weighted by molar-refractivity contribution is 8.15. The van der Waals surface area contributed by atoms with E-state index in [1.165, 1.54) is 21.9 Å². The average Bonchev–Trinajstić information content (AvgIpc) is 2.94. The SMILES string of the molecule is O=C1NC(=O)C(Cc2ccc(Cc3ccc4ccccc4c3)cc2)S1. The van der Waals surface area contributed by atoms with Crippen molar-refractivity contribution in [3.63, 3.8) is 0 Å². The Labute approximate surface area is 150 Å². The number of nitrogens with one attached hydrogen (secondary N) is 1. The van der Waals surface area contributed by atoms with Gasteiger partial charge in [-0.05, 0) is 40.3 Å². The van der Waals surface area contributed by atoms with Gasteiger partial charge in [0.25, 0.3) is 5.24 Å². The molecule has 3 aromatic rings. The second-order valence-electron chi connectivity index (χ2n) is 6.26. The van der Waals surface area contributed by atoms with Crippen LogP contribution in [0, 0.1) is 0 Å². The first-order valence-electron chi connectivity index (χ1n) is 8.24. The number of benzene rings is 3. The molecule has 3 nitrogen and oxygen atoms in total. The van der Waals surface area contributed by atoms with Gasteiger partial charge in [-0.15, -0.1) is 0 Å². The number of fused-ring (bicyclic) bond motifs is 1. The number of carbonyl (C=O) groups is 2. The summed E-state index contributed by atoms with van der Waals surface area (Å²) >= 11 is 1.08. The smallest absolute Gasteiger partial charge is 0.286 e. The van der Waals surface area contributed by atoms with E-state index in [-0.39, 0.29) is 16.4 Å². The lowest BCUT2D eigenvalue weighted by atomic mass is 9.99. The molecule has 2 amide bonds. The van der Waals surface area contributed by atoms with Gasteiger partial charge in [0.1, 0.15) is 0 Å². The lowest BCUT2D eigenvalue weighted by Gasteiger charge is -2.08. The molecule has 3 aromatic carbocycles. The monoisotopic (exact) mass is 347 g/mol. The molecule has 1 N–H and O–H groups in total. The molecule has 0 radical (unpaired) electrons. The van der Waals surface area contributed by atoms with Gasteiger partial charge in [0.2, 0.25) is 5.91 Å². The van der Waals surface area contributed by atoms with Crippen LogP contribution in [0.4, 0.5) is 4.79 Å². The zero-order valence-electron chi connectivity index (χ0n) is 13.6. The Morgan fingerprint density at radius 3 is 2.20 bits per heavy atom. The average molecular weight is 347 g/mol. The Hall–Kier alpha value is -2.59. The Kier molecular flexibility index (Phi) is 4.28. The third kappa shape index (κ3) is 3.59. The fourth-order valence-corrected chi connectivity index (χ4v) is 3.98. The van der Waals surface area contributed by atoms with Crippen molar-refractivity contribution in [3.8, 4) is 0 Å². The highest BCUT2D eigenvalue weighted by Crippen LogP contribution is 2.23. The second-order valence-corrected chi connectivity index (χ2v) is 7.44. The molecule has 1 saturated heterocycles. The van der Waals surface area contributed by atoms with Gasteiger partial charge in [-0.25, -0.2) is 0 Å². The van der Waals surface area contributed by atoms with Crippen molar-refractivity contribution in [2.45, 2.75) is 18.1 Å². The summed E-state index contributed by atoms with van der Waals surface area (Å²) in [6.45, 7) is 0. The Morgan fingerprint density at radius 2 is 1.48 bits per heavy atom. The summed E-state index contributed by atoms with van der Waals surface area (Å²) in [5.74, 6) is -0.185. The lowest BCUT2D eigenvalue weighted by molar-refractivity contribution is -0.118. The van der Waals surface area contributed by atoms with Crippen molar-refractivity contribution < 1.29 is 9.59 Å². The predicted octanol–water partition coefficient (Wildman–Crippen LogP) is 4.32. The van der Waals surface area contributed by atoms with Gasteiger partial charge < -0.3 is 0 Å². The Balaban J connectivity index is 1.46. The molecule has 124 valence electrons. The van der Waals surface area contributed by atoms with Crippen LogP contribution in [0.1, 0.15) is 16.7 Å². The minimum atomic E-state index is -0.307. The van der Waals surface area contributed by atoms with Crippen LogP contribution in [0.5, 0.6) is 0 Å². The fourth-order valence-electron chi connectivity index (χ4n) is 3.12. The maximum Gasteiger partial charge on any atom is 0.286 e. The minimum Gasteiger partial charge on any atom is -0.286 e. The minimum absolute atomic E-state index is 0.185. The molecule has 0 spiro atoms. The number of rotatable bonds is 4. The molecule has 1 heterocycles. The second kappa shape index (κ2) is 6.73.